The van der Waals surface area contributed by atoms with Crippen LogP contribution in [-0.2, 0) is 6.42 Å². The topological polar surface area (TPSA) is 0 Å². The van der Waals surface area contributed by atoms with E-state index in [1.807, 2.05) is 0 Å². The highest BCUT2D eigenvalue weighted by Gasteiger charge is 2.17. The summed E-state index contributed by atoms with van der Waals surface area (Å²) in [7, 11) is 0. The first-order chi connectivity index (χ1) is 17.3. The molecular weight excluding hydrogens is 488 g/mol. The van der Waals surface area contributed by atoms with Crippen LogP contribution < -0.4 is 0 Å². The Kier molecular flexibility index (Phi) is 7.64. The smallest absolute Gasteiger partial charge is 0.0338 e. The van der Waals surface area contributed by atoms with Gasteiger partial charge in [0.1, 0.15) is 0 Å². The molecule has 0 nitrogen and oxygen atoms in total. The van der Waals surface area contributed by atoms with Gasteiger partial charge in [-0.15, -0.1) is 0 Å². The maximum atomic E-state index is 4.00. The Bertz CT molecular complexity index is 1410. The van der Waals surface area contributed by atoms with Gasteiger partial charge in [-0.3, -0.25) is 0 Å². The van der Waals surface area contributed by atoms with E-state index in [2.05, 4.69) is 120 Å². The van der Waals surface area contributed by atoms with E-state index in [1.54, 1.807) is 0 Å². The quantitative estimate of drug-likeness (QED) is 0.134. The fourth-order valence-electron chi connectivity index (χ4n) is 5.29. The fourth-order valence-corrected chi connectivity index (χ4v) is 6.06. The number of benzene rings is 5. The molecule has 0 aliphatic rings. The van der Waals surface area contributed by atoms with Crippen molar-refractivity contribution in [3.8, 4) is 22.3 Å². The average molecular weight is 522 g/mol. The third kappa shape index (κ3) is 5.07. The first-order valence-corrected chi connectivity index (χ1v) is 13.8. The van der Waals surface area contributed by atoms with E-state index in [0.29, 0.717) is 0 Å². The molecule has 0 aromatic heterocycles. The molecule has 0 radical (unpaired) electrons. The van der Waals surface area contributed by atoms with Crippen molar-refractivity contribution in [2.75, 3.05) is 0 Å². The van der Waals surface area contributed by atoms with Crippen LogP contribution in [0.5, 0.6) is 0 Å². The lowest BCUT2D eigenvalue weighted by Gasteiger charge is -2.17. The van der Waals surface area contributed by atoms with E-state index in [4.69, 9.17) is 0 Å². The van der Waals surface area contributed by atoms with Crippen molar-refractivity contribution in [1.29, 1.82) is 0 Å². The van der Waals surface area contributed by atoms with Gasteiger partial charge in [0.25, 0.3) is 0 Å². The predicted molar refractivity (Wildman–Crippen MR) is 157 cm³/mol. The van der Waals surface area contributed by atoms with Crippen LogP contribution in [0.1, 0.15) is 51.0 Å². The zero-order valence-electron chi connectivity index (χ0n) is 20.6. The Hall–Kier alpha value is -2.90. The summed E-state index contributed by atoms with van der Waals surface area (Å²) in [4.78, 5) is 0. The minimum absolute atomic E-state index is 1.17. The molecule has 0 saturated heterocycles. The maximum absolute atomic E-state index is 4.00. The van der Waals surface area contributed by atoms with Crippen molar-refractivity contribution < 1.29 is 0 Å². The van der Waals surface area contributed by atoms with E-state index in [0.717, 1.165) is 0 Å². The number of hydrogen-bond donors (Lipinski definition) is 0. The molecule has 5 aromatic rings. The van der Waals surface area contributed by atoms with Gasteiger partial charge in [-0.05, 0) is 72.7 Å². The van der Waals surface area contributed by atoms with Crippen LogP contribution in [0.15, 0.2) is 102 Å². The van der Waals surface area contributed by atoms with Crippen LogP contribution in [-0.4, -0.2) is 0 Å². The summed E-state index contributed by atoms with van der Waals surface area (Å²) < 4.78 is 1.17. The number of unbranched alkanes of at least 4 members (excludes halogenated alkanes) is 5. The molecule has 0 bridgehead atoms. The van der Waals surface area contributed by atoms with Gasteiger partial charge in [-0.25, -0.2) is 0 Å². The molecule has 0 atom stereocenters. The molecule has 0 amide bonds. The van der Waals surface area contributed by atoms with Crippen molar-refractivity contribution in [1.82, 2.24) is 0 Å². The van der Waals surface area contributed by atoms with Crippen LogP contribution in [0.2, 0.25) is 0 Å². The largest absolute Gasteiger partial charge is 0.0654 e. The van der Waals surface area contributed by atoms with Crippen LogP contribution in [0.4, 0.5) is 0 Å². The summed E-state index contributed by atoms with van der Waals surface area (Å²) in [5.74, 6) is 0. The van der Waals surface area contributed by atoms with Crippen molar-refractivity contribution in [2.24, 2.45) is 0 Å². The third-order valence-corrected chi connectivity index (χ3v) is 7.96. The van der Waals surface area contributed by atoms with Gasteiger partial charge in [0.15, 0.2) is 0 Å². The molecule has 0 aliphatic heterocycles. The lowest BCUT2D eigenvalue weighted by atomic mass is 9.88. The van der Waals surface area contributed by atoms with E-state index in [9.17, 15) is 0 Å². The van der Waals surface area contributed by atoms with Gasteiger partial charge in [0.2, 0.25) is 0 Å². The molecular formula is C34H33Br. The van der Waals surface area contributed by atoms with Gasteiger partial charge in [-0.1, -0.05) is 136 Å². The summed E-state index contributed by atoms with van der Waals surface area (Å²) >= 11 is 4.00. The Labute approximate surface area is 218 Å². The molecule has 1 heteroatoms. The van der Waals surface area contributed by atoms with Crippen molar-refractivity contribution in [3.63, 3.8) is 0 Å². The van der Waals surface area contributed by atoms with Gasteiger partial charge < -0.3 is 0 Å². The Morgan fingerprint density at radius 2 is 1.20 bits per heavy atom. The van der Waals surface area contributed by atoms with E-state index >= 15 is 0 Å². The molecule has 0 saturated carbocycles. The minimum atomic E-state index is 1.17. The number of hydrogen-bond acceptors (Lipinski definition) is 0. The lowest BCUT2D eigenvalue weighted by Crippen LogP contribution is -1.91. The molecule has 0 fully saturated rings. The number of halogens is 1. The number of fused-ring (bicyclic) bond motifs is 2. The van der Waals surface area contributed by atoms with Crippen molar-refractivity contribution in [3.05, 3.63) is 107 Å². The highest BCUT2D eigenvalue weighted by Crippen LogP contribution is 2.45. The van der Waals surface area contributed by atoms with Crippen LogP contribution >= 0.6 is 15.9 Å². The minimum Gasteiger partial charge on any atom is -0.0654 e. The summed E-state index contributed by atoms with van der Waals surface area (Å²) in [6.45, 7) is 2.28. The third-order valence-electron chi connectivity index (χ3n) is 7.13. The van der Waals surface area contributed by atoms with E-state index in [1.165, 1.54) is 98.8 Å². The summed E-state index contributed by atoms with van der Waals surface area (Å²) in [6, 6.07) is 35.5. The standard InChI is InChI=1S/C34H33Br/c1-2-3-4-5-6-8-14-25-21-23-27(24-22-25)32-29-17-11-12-18-30(29)34(35)33-28(19-13-20-31(32)33)26-15-9-7-10-16-26/h7,9-13,15-24H,2-6,8,14H2,1H3. The SMILES string of the molecule is CCCCCCCCc1ccc(-c2c3ccccc3c(Br)c3c(-c4ccccc4)cccc23)cc1. The van der Waals surface area contributed by atoms with Gasteiger partial charge >= 0.3 is 0 Å². The molecule has 0 aliphatic carbocycles. The Morgan fingerprint density at radius 3 is 1.97 bits per heavy atom. The molecule has 35 heavy (non-hydrogen) atoms. The molecule has 5 aromatic carbocycles. The highest BCUT2D eigenvalue weighted by molar-refractivity contribution is 9.10. The van der Waals surface area contributed by atoms with Crippen molar-refractivity contribution in [2.45, 2.75) is 51.9 Å². The molecule has 0 unspecified atom stereocenters. The lowest BCUT2D eigenvalue weighted by molar-refractivity contribution is 0.607. The van der Waals surface area contributed by atoms with Crippen LogP contribution in [0, 0.1) is 0 Å². The second-order valence-corrected chi connectivity index (χ2v) is 10.3. The van der Waals surface area contributed by atoms with Crippen LogP contribution in [0.3, 0.4) is 0 Å². The van der Waals surface area contributed by atoms with E-state index in [-0.39, 0.29) is 0 Å². The molecule has 176 valence electrons. The number of aryl methyl sites for hydroxylation is 1. The molecule has 0 heterocycles. The summed E-state index contributed by atoms with van der Waals surface area (Å²) in [6.07, 6.45) is 9.23. The second kappa shape index (κ2) is 11.2. The normalized spacial score (nSPS) is 11.4. The summed E-state index contributed by atoms with van der Waals surface area (Å²) in [5.41, 5.74) is 6.56. The Balaban J connectivity index is 1.56. The van der Waals surface area contributed by atoms with E-state index < -0.39 is 0 Å². The zero-order chi connectivity index (χ0) is 24.0. The van der Waals surface area contributed by atoms with Gasteiger partial charge in [0.05, 0.1) is 0 Å². The van der Waals surface area contributed by atoms with Crippen LogP contribution in [0.25, 0.3) is 43.8 Å². The predicted octanol–water partition coefficient (Wildman–Crippen LogP) is 11.0. The number of rotatable bonds is 9. The van der Waals surface area contributed by atoms with Gasteiger partial charge in [0, 0.05) is 9.86 Å². The monoisotopic (exact) mass is 520 g/mol. The zero-order valence-corrected chi connectivity index (χ0v) is 22.2. The first kappa shape index (κ1) is 23.8. The maximum Gasteiger partial charge on any atom is 0.0338 e. The second-order valence-electron chi connectivity index (χ2n) is 9.54. The molecule has 5 rings (SSSR count). The fraction of sp³-hybridized carbons (Fsp3) is 0.235. The highest BCUT2D eigenvalue weighted by atomic mass is 79.9. The molecule has 0 spiro atoms. The average Bonchev–Trinajstić information content (AvgIpc) is 2.92. The van der Waals surface area contributed by atoms with Gasteiger partial charge in [-0.2, -0.15) is 0 Å². The van der Waals surface area contributed by atoms with Crippen molar-refractivity contribution >= 4 is 37.5 Å². The first-order valence-electron chi connectivity index (χ1n) is 13.1. The Morgan fingerprint density at radius 1 is 0.543 bits per heavy atom. The summed E-state index contributed by atoms with van der Waals surface area (Å²) in [5, 5.41) is 5.12. The molecule has 0 N–H and O–H groups in total.